The van der Waals surface area contributed by atoms with Crippen LogP contribution >= 0.6 is 0 Å². The van der Waals surface area contributed by atoms with E-state index in [2.05, 4.69) is 25.8 Å². The number of hydrogen-bond donors (Lipinski definition) is 2. The smallest absolute Gasteiger partial charge is 0.259 e. The maximum atomic E-state index is 14.1. The van der Waals surface area contributed by atoms with E-state index in [4.69, 9.17) is 4.74 Å². The van der Waals surface area contributed by atoms with Crippen molar-refractivity contribution in [3.63, 3.8) is 0 Å². The van der Waals surface area contributed by atoms with Gasteiger partial charge in [0.1, 0.15) is 23.0 Å². The number of benzene rings is 1. The third-order valence-corrected chi connectivity index (χ3v) is 4.57. The third kappa shape index (κ3) is 2.55. The molecular weight excluding hydrogens is 366 g/mol. The molecule has 0 amide bonds. The van der Waals surface area contributed by atoms with E-state index >= 15 is 0 Å². The molecule has 140 valence electrons. The molecule has 4 heterocycles. The Balaban J connectivity index is 1.50. The minimum atomic E-state index is -0.647. The Hall–Kier alpha value is -3.59. The zero-order valence-corrected chi connectivity index (χ0v) is 14.6. The molecule has 2 aliphatic heterocycles. The lowest BCUT2D eigenvalue weighted by Crippen LogP contribution is -2.35. The molecule has 5 rings (SSSR count). The predicted octanol–water partition coefficient (Wildman–Crippen LogP) is 2.24. The van der Waals surface area contributed by atoms with Gasteiger partial charge in [-0.3, -0.25) is 20.1 Å². The number of ether oxygens (including phenoxy) is 1. The van der Waals surface area contributed by atoms with Crippen molar-refractivity contribution in [3.8, 4) is 0 Å². The quantitative estimate of drug-likeness (QED) is 0.728. The van der Waals surface area contributed by atoms with Crippen LogP contribution in [0.5, 0.6) is 0 Å². The van der Waals surface area contributed by atoms with Gasteiger partial charge in [0.25, 0.3) is 5.90 Å². The molecule has 9 heteroatoms. The van der Waals surface area contributed by atoms with Gasteiger partial charge in [0.05, 0.1) is 11.9 Å². The first kappa shape index (κ1) is 16.6. The summed E-state index contributed by atoms with van der Waals surface area (Å²) >= 11 is 0. The van der Waals surface area contributed by atoms with Crippen LogP contribution < -0.4 is 10.7 Å². The first-order valence-corrected chi connectivity index (χ1v) is 8.53. The largest absolute Gasteiger partial charge is 0.436 e. The van der Waals surface area contributed by atoms with E-state index in [0.29, 0.717) is 23.0 Å². The fourth-order valence-electron chi connectivity index (χ4n) is 3.12. The number of aliphatic imine (C=N–C) groups is 1. The zero-order chi connectivity index (χ0) is 19.3. The SMILES string of the molecule is CNC1NN=C(c2cnc3ccc(C4=CN=C4c4ccc(F)cc4F)cn23)O1. The molecule has 0 aliphatic carbocycles. The molecule has 1 aromatic carbocycles. The Bertz CT molecular complexity index is 1200. The molecule has 2 aromatic heterocycles. The lowest BCUT2D eigenvalue weighted by Gasteiger charge is -2.18. The van der Waals surface area contributed by atoms with Crippen molar-refractivity contribution in [1.82, 2.24) is 20.1 Å². The number of hydrazone groups is 1. The summed E-state index contributed by atoms with van der Waals surface area (Å²) in [4.78, 5) is 8.54. The number of hydrogen-bond acceptors (Lipinski definition) is 6. The molecule has 0 spiro atoms. The molecule has 3 aromatic rings. The average Bonchev–Trinajstić information content (AvgIpc) is 3.29. The summed E-state index contributed by atoms with van der Waals surface area (Å²) in [6.45, 7) is 0. The highest BCUT2D eigenvalue weighted by molar-refractivity contribution is 6.35. The first-order chi connectivity index (χ1) is 13.6. The fourth-order valence-corrected chi connectivity index (χ4v) is 3.12. The summed E-state index contributed by atoms with van der Waals surface area (Å²) in [6, 6.07) is 7.18. The Kier molecular flexibility index (Phi) is 3.69. The van der Waals surface area contributed by atoms with E-state index in [-0.39, 0.29) is 5.56 Å². The minimum Gasteiger partial charge on any atom is -0.436 e. The van der Waals surface area contributed by atoms with Crippen molar-refractivity contribution in [2.75, 3.05) is 7.05 Å². The van der Waals surface area contributed by atoms with Crippen molar-refractivity contribution in [1.29, 1.82) is 0 Å². The second kappa shape index (κ2) is 6.24. The molecule has 7 nitrogen and oxygen atoms in total. The van der Waals surface area contributed by atoms with Crippen LogP contribution in [-0.2, 0) is 4.74 Å². The molecule has 0 saturated heterocycles. The predicted molar refractivity (Wildman–Crippen MR) is 99.7 cm³/mol. The number of rotatable bonds is 4. The van der Waals surface area contributed by atoms with Gasteiger partial charge in [-0.1, -0.05) is 0 Å². The number of fused-ring (bicyclic) bond motifs is 1. The molecule has 1 atom stereocenters. The molecule has 0 saturated carbocycles. The fraction of sp³-hybridized carbons (Fsp3) is 0.105. The third-order valence-electron chi connectivity index (χ3n) is 4.57. The topological polar surface area (TPSA) is 75.3 Å². The van der Waals surface area contributed by atoms with Crippen molar-refractivity contribution in [3.05, 3.63) is 77.4 Å². The maximum absolute atomic E-state index is 14.1. The molecular formula is C19H14F2N6O. The number of pyridine rings is 1. The number of nitrogens with one attached hydrogen (secondary N) is 2. The zero-order valence-electron chi connectivity index (χ0n) is 14.6. The number of allylic oxidation sites excluding steroid dienone is 1. The summed E-state index contributed by atoms with van der Waals surface area (Å²) in [5.74, 6) is -0.862. The molecule has 0 bridgehead atoms. The standard InChI is InChI=1S/C19H14F2N6O/c1-22-19-26-25-18(28-19)15-8-23-16-5-2-10(9-27(15)16)13-7-24-17(13)12-4-3-11(20)6-14(12)21/h2-9,19,22,26H,1H3. The van der Waals surface area contributed by atoms with Gasteiger partial charge in [0.2, 0.25) is 6.35 Å². The van der Waals surface area contributed by atoms with E-state index in [0.717, 1.165) is 17.2 Å². The minimum absolute atomic E-state index is 0.259. The average molecular weight is 380 g/mol. The number of halogens is 2. The van der Waals surface area contributed by atoms with Crippen LogP contribution in [0.25, 0.3) is 11.2 Å². The molecule has 2 N–H and O–H groups in total. The number of aromatic nitrogens is 2. The van der Waals surface area contributed by atoms with Crippen molar-refractivity contribution < 1.29 is 13.5 Å². The Labute approximate surface area is 158 Å². The summed E-state index contributed by atoms with van der Waals surface area (Å²) in [7, 11) is 1.75. The van der Waals surface area contributed by atoms with Crippen molar-refractivity contribution >= 4 is 22.8 Å². The van der Waals surface area contributed by atoms with Crippen molar-refractivity contribution in [2.24, 2.45) is 10.1 Å². The van der Waals surface area contributed by atoms with Gasteiger partial charge >= 0.3 is 0 Å². The van der Waals surface area contributed by atoms with Gasteiger partial charge in [-0.05, 0) is 31.3 Å². The van der Waals surface area contributed by atoms with E-state index in [1.807, 2.05) is 22.7 Å². The molecule has 28 heavy (non-hydrogen) atoms. The normalized spacial score (nSPS) is 18.1. The lowest BCUT2D eigenvalue weighted by atomic mass is 9.94. The molecule has 2 aliphatic rings. The van der Waals surface area contributed by atoms with Crippen LogP contribution in [0.3, 0.4) is 0 Å². The summed E-state index contributed by atoms with van der Waals surface area (Å²) in [6.07, 6.45) is 4.77. The number of nitrogens with zero attached hydrogens (tertiary/aromatic N) is 4. The van der Waals surface area contributed by atoms with Crippen LogP contribution in [0.2, 0.25) is 0 Å². The van der Waals surface area contributed by atoms with Crippen LogP contribution in [0.15, 0.2) is 59.0 Å². The molecule has 0 radical (unpaired) electrons. The van der Waals surface area contributed by atoms with Gasteiger partial charge in [0.15, 0.2) is 0 Å². The van der Waals surface area contributed by atoms with E-state index in [1.165, 1.54) is 12.1 Å². The van der Waals surface area contributed by atoms with E-state index in [9.17, 15) is 8.78 Å². The van der Waals surface area contributed by atoms with Crippen LogP contribution in [0.1, 0.15) is 16.8 Å². The van der Waals surface area contributed by atoms with Crippen LogP contribution in [-0.4, -0.2) is 34.4 Å². The maximum Gasteiger partial charge on any atom is 0.259 e. The summed E-state index contributed by atoms with van der Waals surface area (Å²) in [5, 5.41) is 7.09. The molecule has 1 unspecified atom stereocenters. The monoisotopic (exact) mass is 380 g/mol. The van der Waals surface area contributed by atoms with Gasteiger partial charge in [0, 0.05) is 35.2 Å². The highest BCUT2D eigenvalue weighted by Gasteiger charge is 2.24. The number of imidazole rings is 1. The highest BCUT2D eigenvalue weighted by Crippen LogP contribution is 2.29. The highest BCUT2D eigenvalue weighted by atomic mass is 19.1. The van der Waals surface area contributed by atoms with Gasteiger partial charge in [-0.15, -0.1) is 5.10 Å². The summed E-state index contributed by atoms with van der Waals surface area (Å²) < 4.78 is 34.8. The second-order valence-electron chi connectivity index (χ2n) is 6.27. The van der Waals surface area contributed by atoms with E-state index in [1.54, 1.807) is 19.4 Å². The lowest BCUT2D eigenvalue weighted by molar-refractivity contribution is 0.158. The van der Waals surface area contributed by atoms with Crippen molar-refractivity contribution in [2.45, 2.75) is 6.35 Å². The van der Waals surface area contributed by atoms with Crippen LogP contribution in [0.4, 0.5) is 8.78 Å². The Morgan fingerprint density at radius 1 is 1.21 bits per heavy atom. The Morgan fingerprint density at radius 2 is 2.11 bits per heavy atom. The van der Waals surface area contributed by atoms with E-state index < -0.39 is 18.0 Å². The molecule has 0 fully saturated rings. The second-order valence-corrected chi connectivity index (χ2v) is 6.27. The van der Waals surface area contributed by atoms with Crippen LogP contribution in [0, 0.1) is 11.6 Å². The van der Waals surface area contributed by atoms with Gasteiger partial charge in [-0.2, -0.15) is 0 Å². The van der Waals surface area contributed by atoms with Gasteiger partial charge in [-0.25, -0.2) is 13.8 Å². The van der Waals surface area contributed by atoms with Gasteiger partial charge < -0.3 is 4.74 Å². The summed E-state index contributed by atoms with van der Waals surface area (Å²) in [5.41, 5.74) is 6.52. The first-order valence-electron chi connectivity index (χ1n) is 8.53. The Morgan fingerprint density at radius 3 is 2.82 bits per heavy atom.